The number of hydrazine groups is 1. The van der Waals surface area contributed by atoms with Gasteiger partial charge in [-0.25, -0.2) is 5.43 Å². The van der Waals surface area contributed by atoms with E-state index in [2.05, 4.69) is 15.7 Å². The van der Waals surface area contributed by atoms with Gasteiger partial charge in [-0.2, -0.15) is 0 Å². The van der Waals surface area contributed by atoms with Crippen LogP contribution in [0.2, 0.25) is 5.02 Å². The molecule has 0 aliphatic rings. The summed E-state index contributed by atoms with van der Waals surface area (Å²) in [5.41, 5.74) is 5.65. The Bertz CT molecular complexity index is 522. The summed E-state index contributed by atoms with van der Waals surface area (Å²) < 4.78 is 1.68. The summed E-state index contributed by atoms with van der Waals surface area (Å²) in [7, 11) is 1.82. The van der Waals surface area contributed by atoms with Crippen LogP contribution in [0.3, 0.4) is 0 Å². The van der Waals surface area contributed by atoms with Crippen molar-refractivity contribution in [1.29, 1.82) is 0 Å². The van der Waals surface area contributed by atoms with Crippen molar-refractivity contribution in [3.05, 3.63) is 46.2 Å². The van der Waals surface area contributed by atoms with Crippen LogP contribution in [-0.2, 0) is 7.05 Å². The average Bonchev–Trinajstić information content (AvgIpc) is 2.71. The first kappa shape index (κ1) is 12.0. The van der Waals surface area contributed by atoms with Gasteiger partial charge in [-0.3, -0.25) is 10.5 Å². The Balaban J connectivity index is 2.42. The molecule has 1 aromatic heterocycles. The van der Waals surface area contributed by atoms with Crippen LogP contribution in [0, 0.1) is 6.92 Å². The normalized spacial score (nSPS) is 12.7. The minimum absolute atomic E-state index is 0.173. The molecule has 0 saturated heterocycles. The number of hydrogen-bond acceptors (Lipinski definition) is 4. The number of halogens is 1. The lowest BCUT2D eigenvalue weighted by Gasteiger charge is -2.16. The van der Waals surface area contributed by atoms with Gasteiger partial charge >= 0.3 is 0 Å². The van der Waals surface area contributed by atoms with E-state index in [4.69, 9.17) is 17.4 Å². The molecule has 0 spiro atoms. The average molecular weight is 252 g/mol. The number of nitrogens with zero attached hydrogens (tertiary/aromatic N) is 3. The van der Waals surface area contributed by atoms with Crippen molar-refractivity contribution in [3.8, 4) is 0 Å². The molecule has 1 atom stereocenters. The zero-order valence-corrected chi connectivity index (χ0v) is 10.4. The first-order valence-corrected chi connectivity index (χ1v) is 5.58. The lowest BCUT2D eigenvalue weighted by Crippen LogP contribution is -2.30. The maximum absolute atomic E-state index is 6.11. The minimum Gasteiger partial charge on any atom is -0.271 e. The topological polar surface area (TPSA) is 68.8 Å². The van der Waals surface area contributed by atoms with Crippen LogP contribution in [0.4, 0.5) is 0 Å². The van der Waals surface area contributed by atoms with Gasteiger partial charge < -0.3 is 0 Å². The van der Waals surface area contributed by atoms with Crippen molar-refractivity contribution >= 4 is 11.6 Å². The summed E-state index contributed by atoms with van der Waals surface area (Å²) in [6, 6.07) is 5.67. The number of aryl methyl sites for hydroxylation is 2. The van der Waals surface area contributed by atoms with Crippen molar-refractivity contribution in [1.82, 2.24) is 20.4 Å². The number of nitrogens with two attached hydrogens (primary N) is 1. The molecule has 3 N–H and O–H groups in total. The smallest absolute Gasteiger partial charge is 0.0895 e. The molecule has 5 nitrogen and oxygen atoms in total. The SMILES string of the molecule is Cc1ccc(C(NN)c2cnnn2C)cc1Cl. The predicted molar refractivity (Wildman–Crippen MR) is 66.4 cm³/mol. The maximum Gasteiger partial charge on any atom is 0.0895 e. The highest BCUT2D eigenvalue weighted by Crippen LogP contribution is 2.24. The minimum atomic E-state index is -0.173. The molecule has 0 radical (unpaired) electrons. The lowest BCUT2D eigenvalue weighted by molar-refractivity contribution is 0.570. The molecule has 17 heavy (non-hydrogen) atoms. The summed E-state index contributed by atoms with van der Waals surface area (Å²) in [5.74, 6) is 5.59. The van der Waals surface area contributed by atoms with E-state index in [1.807, 2.05) is 32.2 Å². The molecule has 2 aromatic rings. The van der Waals surface area contributed by atoms with Crippen LogP contribution < -0.4 is 11.3 Å². The van der Waals surface area contributed by atoms with Gasteiger partial charge in [-0.1, -0.05) is 28.9 Å². The van der Waals surface area contributed by atoms with Crippen molar-refractivity contribution in [2.75, 3.05) is 0 Å². The Hall–Kier alpha value is -1.43. The quantitative estimate of drug-likeness (QED) is 0.638. The van der Waals surface area contributed by atoms with E-state index < -0.39 is 0 Å². The van der Waals surface area contributed by atoms with E-state index in [0.29, 0.717) is 0 Å². The van der Waals surface area contributed by atoms with Crippen molar-refractivity contribution < 1.29 is 0 Å². The van der Waals surface area contributed by atoms with Crippen molar-refractivity contribution in [2.45, 2.75) is 13.0 Å². The molecular formula is C11H14ClN5. The monoisotopic (exact) mass is 251 g/mol. The van der Waals surface area contributed by atoms with Gasteiger partial charge in [-0.15, -0.1) is 5.10 Å². The predicted octanol–water partition coefficient (Wildman–Crippen LogP) is 1.33. The van der Waals surface area contributed by atoms with E-state index >= 15 is 0 Å². The fourth-order valence-electron chi connectivity index (χ4n) is 1.70. The second-order valence-electron chi connectivity index (χ2n) is 3.89. The molecule has 0 amide bonds. The van der Waals surface area contributed by atoms with Gasteiger partial charge in [-0.05, 0) is 24.1 Å². The van der Waals surface area contributed by atoms with Gasteiger partial charge in [0.05, 0.1) is 17.9 Å². The lowest BCUT2D eigenvalue weighted by atomic mass is 10.0. The van der Waals surface area contributed by atoms with E-state index in [1.54, 1.807) is 10.9 Å². The Labute approximate surface area is 105 Å². The molecular weight excluding hydrogens is 238 g/mol. The number of nitrogens with one attached hydrogen (secondary N) is 1. The highest BCUT2D eigenvalue weighted by atomic mass is 35.5. The number of benzene rings is 1. The zero-order chi connectivity index (χ0) is 12.4. The Morgan fingerprint density at radius 3 is 2.76 bits per heavy atom. The number of aromatic nitrogens is 3. The van der Waals surface area contributed by atoms with Crippen LogP contribution in [0.5, 0.6) is 0 Å². The second-order valence-corrected chi connectivity index (χ2v) is 4.30. The zero-order valence-electron chi connectivity index (χ0n) is 9.68. The van der Waals surface area contributed by atoms with Gasteiger partial charge in [0.1, 0.15) is 0 Å². The Morgan fingerprint density at radius 2 is 2.24 bits per heavy atom. The molecule has 0 aliphatic heterocycles. The molecule has 90 valence electrons. The molecule has 0 aliphatic carbocycles. The molecule has 0 fully saturated rings. The third-order valence-electron chi connectivity index (χ3n) is 2.74. The molecule has 2 rings (SSSR count). The third kappa shape index (κ3) is 2.31. The van der Waals surface area contributed by atoms with E-state index in [9.17, 15) is 0 Å². The second kappa shape index (κ2) is 4.83. The van der Waals surface area contributed by atoms with Crippen LogP contribution in [0.15, 0.2) is 24.4 Å². The van der Waals surface area contributed by atoms with E-state index in [1.165, 1.54) is 0 Å². The van der Waals surface area contributed by atoms with Crippen LogP contribution >= 0.6 is 11.6 Å². The van der Waals surface area contributed by atoms with Gasteiger partial charge in [0.15, 0.2) is 0 Å². The summed E-state index contributed by atoms with van der Waals surface area (Å²) in [6.45, 7) is 1.96. The van der Waals surface area contributed by atoms with Crippen LogP contribution in [0.1, 0.15) is 22.9 Å². The third-order valence-corrected chi connectivity index (χ3v) is 3.15. The highest BCUT2D eigenvalue weighted by Gasteiger charge is 2.17. The molecule has 0 saturated carbocycles. The Morgan fingerprint density at radius 1 is 1.47 bits per heavy atom. The molecule has 1 heterocycles. The van der Waals surface area contributed by atoms with Gasteiger partial charge in [0.2, 0.25) is 0 Å². The summed E-state index contributed by atoms with van der Waals surface area (Å²) in [4.78, 5) is 0. The van der Waals surface area contributed by atoms with Crippen LogP contribution in [-0.4, -0.2) is 15.0 Å². The molecule has 0 bridgehead atoms. The van der Waals surface area contributed by atoms with Crippen LogP contribution in [0.25, 0.3) is 0 Å². The molecule has 6 heteroatoms. The molecule has 1 unspecified atom stereocenters. The summed E-state index contributed by atoms with van der Waals surface area (Å²) >= 11 is 6.11. The fraction of sp³-hybridized carbons (Fsp3) is 0.273. The summed E-state index contributed by atoms with van der Waals surface area (Å²) in [5, 5.41) is 8.45. The van der Waals surface area contributed by atoms with E-state index in [-0.39, 0.29) is 6.04 Å². The maximum atomic E-state index is 6.11. The standard InChI is InChI=1S/C11H14ClN5/c1-7-3-4-8(5-9(7)12)11(15-13)10-6-14-16-17(10)2/h3-6,11,15H,13H2,1-2H3. The highest BCUT2D eigenvalue weighted by molar-refractivity contribution is 6.31. The molecule has 1 aromatic carbocycles. The first-order chi connectivity index (χ1) is 8.13. The first-order valence-electron chi connectivity index (χ1n) is 5.20. The fourth-order valence-corrected chi connectivity index (χ4v) is 1.89. The van der Waals surface area contributed by atoms with Crippen molar-refractivity contribution in [3.63, 3.8) is 0 Å². The van der Waals surface area contributed by atoms with Crippen molar-refractivity contribution in [2.24, 2.45) is 12.9 Å². The Kier molecular flexibility index (Phi) is 3.42. The number of hydrogen-bond donors (Lipinski definition) is 2. The van der Waals surface area contributed by atoms with Gasteiger partial charge in [0.25, 0.3) is 0 Å². The number of rotatable bonds is 3. The van der Waals surface area contributed by atoms with Gasteiger partial charge in [0, 0.05) is 12.1 Å². The largest absolute Gasteiger partial charge is 0.271 e. The summed E-state index contributed by atoms with van der Waals surface area (Å²) in [6.07, 6.45) is 1.68. The van der Waals surface area contributed by atoms with E-state index in [0.717, 1.165) is 21.8 Å².